The van der Waals surface area contributed by atoms with Gasteiger partial charge in [0.2, 0.25) is 0 Å². The number of benzene rings is 3. The van der Waals surface area contributed by atoms with E-state index in [1.165, 1.54) is 0 Å². The maximum Gasteiger partial charge on any atom is 0.273 e. The number of phenolic OH excluding ortho intramolecular Hbond substituents is 1. The minimum absolute atomic E-state index is 0.0915. The van der Waals surface area contributed by atoms with Gasteiger partial charge in [0.25, 0.3) is 5.91 Å². The number of hydrogen-bond donors (Lipinski definition) is 2. The van der Waals surface area contributed by atoms with Crippen molar-refractivity contribution >= 4 is 29.1 Å². The number of amides is 1. The maximum absolute atomic E-state index is 13.5. The van der Waals surface area contributed by atoms with Crippen LogP contribution >= 0.6 is 23.2 Å². The minimum atomic E-state index is -0.441. The van der Waals surface area contributed by atoms with Crippen LogP contribution in [0.4, 0.5) is 0 Å². The van der Waals surface area contributed by atoms with Crippen molar-refractivity contribution in [3.8, 4) is 22.8 Å². The number of methoxy groups -OCH3 is 1. The molecule has 172 valence electrons. The lowest BCUT2D eigenvalue weighted by Crippen LogP contribution is -2.31. The molecular formula is C26H21Cl2N3O3. The van der Waals surface area contributed by atoms with E-state index in [9.17, 15) is 9.90 Å². The SMILES string of the molecule is COc1ccc(CCN2C(=O)c3[nH]nc(-c4ccccc4O)c3[C@@H]2c2ccc(Cl)c(Cl)c2)cc1. The third kappa shape index (κ3) is 3.89. The summed E-state index contributed by atoms with van der Waals surface area (Å²) in [6.07, 6.45) is 0.650. The van der Waals surface area contributed by atoms with Crippen LogP contribution in [0.25, 0.3) is 11.3 Å². The van der Waals surface area contributed by atoms with Gasteiger partial charge >= 0.3 is 0 Å². The largest absolute Gasteiger partial charge is 0.507 e. The van der Waals surface area contributed by atoms with Crippen molar-refractivity contribution in [1.82, 2.24) is 15.1 Å². The Bertz CT molecular complexity index is 1370. The summed E-state index contributed by atoms with van der Waals surface area (Å²) in [5, 5.41) is 18.6. The molecule has 0 fully saturated rings. The lowest BCUT2D eigenvalue weighted by molar-refractivity contribution is 0.0746. The molecule has 0 bridgehead atoms. The van der Waals surface area contributed by atoms with Crippen LogP contribution in [0.15, 0.2) is 66.7 Å². The molecule has 1 aliphatic heterocycles. The number of aromatic hydroxyl groups is 1. The number of carbonyl (C=O) groups excluding carboxylic acids is 1. The zero-order valence-electron chi connectivity index (χ0n) is 18.3. The third-order valence-corrected chi connectivity index (χ3v) is 6.82. The van der Waals surface area contributed by atoms with Crippen LogP contribution < -0.4 is 4.74 Å². The summed E-state index contributed by atoms with van der Waals surface area (Å²) in [7, 11) is 1.63. The number of halogens is 2. The average molecular weight is 494 g/mol. The van der Waals surface area contributed by atoms with Crippen LogP contribution in [-0.4, -0.2) is 39.8 Å². The Hall–Kier alpha value is -3.48. The van der Waals surface area contributed by atoms with Crippen LogP contribution in [0.5, 0.6) is 11.5 Å². The zero-order valence-corrected chi connectivity index (χ0v) is 19.8. The normalized spacial score (nSPS) is 15.0. The average Bonchev–Trinajstić information content (AvgIpc) is 3.39. The third-order valence-electron chi connectivity index (χ3n) is 6.08. The molecule has 0 unspecified atom stereocenters. The van der Waals surface area contributed by atoms with Gasteiger partial charge in [0.05, 0.1) is 23.2 Å². The molecule has 1 aromatic heterocycles. The molecule has 1 amide bonds. The molecule has 4 aromatic rings. The molecule has 2 heterocycles. The number of fused-ring (bicyclic) bond motifs is 1. The molecule has 2 N–H and O–H groups in total. The molecule has 0 aliphatic carbocycles. The first-order valence-electron chi connectivity index (χ1n) is 10.7. The second-order valence-electron chi connectivity index (χ2n) is 8.05. The molecule has 5 rings (SSSR count). The van der Waals surface area contributed by atoms with Crippen LogP contribution in [0, 0.1) is 0 Å². The first kappa shape index (κ1) is 22.3. The van der Waals surface area contributed by atoms with E-state index in [4.69, 9.17) is 27.9 Å². The van der Waals surface area contributed by atoms with E-state index in [0.29, 0.717) is 45.5 Å². The molecule has 0 saturated heterocycles. The van der Waals surface area contributed by atoms with E-state index in [1.54, 1.807) is 42.3 Å². The Morgan fingerprint density at radius 2 is 1.82 bits per heavy atom. The summed E-state index contributed by atoms with van der Waals surface area (Å²) >= 11 is 12.5. The number of carbonyl (C=O) groups is 1. The number of aromatic nitrogens is 2. The van der Waals surface area contributed by atoms with Crippen molar-refractivity contribution in [2.45, 2.75) is 12.5 Å². The number of hydrogen-bond acceptors (Lipinski definition) is 4. The van der Waals surface area contributed by atoms with Crippen molar-refractivity contribution in [1.29, 1.82) is 0 Å². The van der Waals surface area contributed by atoms with Crippen molar-refractivity contribution in [2.24, 2.45) is 0 Å². The Balaban J connectivity index is 1.57. The summed E-state index contributed by atoms with van der Waals surface area (Å²) in [6.45, 7) is 0.471. The Labute approximate surface area is 206 Å². The van der Waals surface area contributed by atoms with E-state index in [0.717, 1.165) is 16.9 Å². The van der Waals surface area contributed by atoms with Gasteiger partial charge < -0.3 is 14.7 Å². The molecule has 6 nitrogen and oxygen atoms in total. The van der Waals surface area contributed by atoms with Crippen molar-refractivity contribution < 1.29 is 14.6 Å². The molecule has 0 spiro atoms. The highest BCUT2D eigenvalue weighted by molar-refractivity contribution is 6.42. The highest BCUT2D eigenvalue weighted by atomic mass is 35.5. The summed E-state index contributed by atoms with van der Waals surface area (Å²) in [6, 6.07) is 19.7. The van der Waals surface area contributed by atoms with Crippen LogP contribution in [0.3, 0.4) is 0 Å². The second kappa shape index (κ2) is 9.05. The van der Waals surface area contributed by atoms with Gasteiger partial charge in [-0.25, -0.2) is 0 Å². The molecule has 3 aromatic carbocycles. The van der Waals surface area contributed by atoms with Crippen molar-refractivity contribution in [3.63, 3.8) is 0 Å². The Morgan fingerprint density at radius 1 is 1.06 bits per heavy atom. The summed E-state index contributed by atoms with van der Waals surface area (Å²) < 4.78 is 5.24. The van der Waals surface area contributed by atoms with E-state index >= 15 is 0 Å². The second-order valence-corrected chi connectivity index (χ2v) is 8.87. The van der Waals surface area contributed by atoms with Gasteiger partial charge in [-0.05, 0) is 53.9 Å². The quantitative estimate of drug-likeness (QED) is 0.351. The standard InChI is InChI=1S/C26H21Cl2N3O3/c1-34-17-9-6-15(7-10-17)12-13-31-25(16-8-11-19(27)20(28)14-16)22-23(29-30-24(22)26(31)33)18-4-2-3-5-21(18)32/h2-11,14,25,32H,12-13H2,1H3,(H,29,30)/t25-/m0/s1. The van der Waals surface area contributed by atoms with Gasteiger partial charge in [0, 0.05) is 17.7 Å². The molecular weight excluding hydrogens is 473 g/mol. The van der Waals surface area contributed by atoms with Gasteiger partial charge in [-0.2, -0.15) is 5.10 Å². The fourth-order valence-corrected chi connectivity index (χ4v) is 4.68. The molecule has 0 radical (unpaired) electrons. The van der Waals surface area contributed by atoms with Gasteiger partial charge in [-0.15, -0.1) is 0 Å². The number of ether oxygens (including phenoxy) is 1. The number of H-pyrrole nitrogens is 1. The predicted octanol–water partition coefficient (Wildman–Crippen LogP) is 5.89. The number of aromatic amines is 1. The number of rotatable bonds is 6. The van der Waals surface area contributed by atoms with E-state index in [2.05, 4.69) is 10.2 Å². The molecule has 1 aliphatic rings. The van der Waals surface area contributed by atoms with Gasteiger partial charge in [-0.3, -0.25) is 9.89 Å². The number of nitrogens with one attached hydrogen (secondary N) is 1. The van der Waals surface area contributed by atoms with Crippen molar-refractivity contribution in [2.75, 3.05) is 13.7 Å². The molecule has 1 atom stereocenters. The van der Waals surface area contributed by atoms with E-state index < -0.39 is 6.04 Å². The Kier molecular flexibility index (Phi) is 5.94. The predicted molar refractivity (Wildman–Crippen MR) is 132 cm³/mol. The van der Waals surface area contributed by atoms with Crippen molar-refractivity contribution in [3.05, 3.63) is 99.2 Å². The fourth-order valence-electron chi connectivity index (χ4n) is 4.38. The van der Waals surface area contributed by atoms with Gasteiger partial charge in [-0.1, -0.05) is 53.5 Å². The van der Waals surface area contributed by atoms with Crippen LogP contribution in [0.2, 0.25) is 10.0 Å². The first-order valence-corrected chi connectivity index (χ1v) is 11.5. The summed E-state index contributed by atoms with van der Waals surface area (Å²) in [5.74, 6) is 0.714. The zero-order chi connectivity index (χ0) is 23.8. The highest BCUT2D eigenvalue weighted by Crippen LogP contribution is 2.45. The molecule has 34 heavy (non-hydrogen) atoms. The summed E-state index contributed by atoms with van der Waals surface area (Å²) in [5.41, 5.74) is 4.09. The summed E-state index contributed by atoms with van der Waals surface area (Å²) in [4.78, 5) is 15.3. The maximum atomic E-state index is 13.5. The fraction of sp³-hybridized carbons (Fsp3) is 0.154. The number of nitrogens with zero attached hydrogens (tertiary/aromatic N) is 2. The highest BCUT2D eigenvalue weighted by Gasteiger charge is 2.42. The monoisotopic (exact) mass is 493 g/mol. The smallest absolute Gasteiger partial charge is 0.273 e. The van der Waals surface area contributed by atoms with E-state index in [-0.39, 0.29) is 11.7 Å². The Morgan fingerprint density at radius 3 is 2.53 bits per heavy atom. The topological polar surface area (TPSA) is 78.5 Å². The number of para-hydroxylation sites is 1. The van der Waals surface area contributed by atoms with Crippen LogP contribution in [0.1, 0.15) is 33.2 Å². The van der Waals surface area contributed by atoms with Gasteiger partial charge in [0.1, 0.15) is 22.9 Å². The molecule has 8 heteroatoms. The number of phenols is 1. The van der Waals surface area contributed by atoms with E-state index in [1.807, 2.05) is 36.4 Å². The minimum Gasteiger partial charge on any atom is -0.507 e. The van der Waals surface area contributed by atoms with Crippen LogP contribution in [-0.2, 0) is 6.42 Å². The van der Waals surface area contributed by atoms with Gasteiger partial charge in [0.15, 0.2) is 0 Å². The molecule has 0 saturated carbocycles. The lowest BCUT2D eigenvalue weighted by atomic mass is 9.95. The first-order chi connectivity index (χ1) is 16.5. The lowest BCUT2D eigenvalue weighted by Gasteiger charge is -2.27.